The molecule has 2 aliphatic rings. The maximum Gasteiger partial charge on any atom is 0.351 e. The number of aliphatic imine (C=N–C) groups is 1. The largest absolute Gasteiger partial charge is 0.394 e. The molecule has 2 aliphatic heterocycles. The molecule has 2 N–H and O–H groups in total. The predicted molar refractivity (Wildman–Crippen MR) is 79.1 cm³/mol. The third-order valence-corrected chi connectivity index (χ3v) is 4.09. The van der Waals surface area contributed by atoms with E-state index in [1.165, 1.54) is 4.57 Å². The van der Waals surface area contributed by atoms with Crippen molar-refractivity contribution in [2.45, 2.75) is 37.7 Å². The number of hydrogen-bond donors (Lipinski definition) is 2. The van der Waals surface area contributed by atoms with Gasteiger partial charge in [-0.2, -0.15) is 4.98 Å². The minimum absolute atomic E-state index is 0.253. The zero-order chi connectivity index (χ0) is 15.7. The van der Waals surface area contributed by atoms with E-state index in [2.05, 4.69) is 14.9 Å². The molecule has 22 heavy (non-hydrogen) atoms. The molecule has 2 fully saturated rings. The van der Waals surface area contributed by atoms with Crippen LogP contribution in [0.15, 0.2) is 22.1 Å². The van der Waals surface area contributed by atoms with E-state index in [-0.39, 0.29) is 13.0 Å². The molecule has 8 heteroatoms. The van der Waals surface area contributed by atoms with Crippen LogP contribution in [0.1, 0.15) is 25.5 Å². The third-order valence-electron chi connectivity index (χ3n) is 4.09. The molecule has 0 bridgehead atoms. The molecule has 2 saturated heterocycles. The minimum Gasteiger partial charge on any atom is -0.394 e. The Morgan fingerprint density at radius 1 is 1.55 bits per heavy atom. The van der Waals surface area contributed by atoms with E-state index in [0.29, 0.717) is 5.82 Å². The first kappa shape index (κ1) is 15.1. The number of likely N-dealkylation sites (tertiary alicyclic amines) is 1. The van der Waals surface area contributed by atoms with Crippen molar-refractivity contribution < 1.29 is 14.9 Å². The second-order valence-electron chi connectivity index (χ2n) is 5.64. The fraction of sp³-hybridized carbons (Fsp3) is 0.643. The molecule has 3 heterocycles. The van der Waals surface area contributed by atoms with Crippen LogP contribution in [0.25, 0.3) is 0 Å². The van der Waals surface area contributed by atoms with Crippen molar-refractivity contribution in [1.29, 1.82) is 0 Å². The van der Waals surface area contributed by atoms with Crippen LogP contribution in [0, 0.1) is 0 Å². The van der Waals surface area contributed by atoms with Gasteiger partial charge < -0.3 is 19.8 Å². The van der Waals surface area contributed by atoms with Gasteiger partial charge in [-0.25, -0.2) is 9.79 Å². The molecule has 3 atom stereocenters. The Hall–Kier alpha value is -1.77. The Morgan fingerprint density at radius 3 is 2.95 bits per heavy atom. The first-order chi connectivity index (χ1) is 10.6. The van der Waals surface area contributed by atoms with E-state index in [9.17, 15) is 9.90 Å². The highest BCUT2D eigenvalue weighted by Gasteiger charge is 2.34. The van der Waals surface area contributed by atoms with Gasteiger partial charge in [0.05, 0.1) is 12.7 Å². The molecule has 0 saturated carbocycles. The summed E-state index contributed by atoms with van der Waals surface area (Å²) in [6.45, 7) is 0.685. The molecule has 8 nitrogen and oxygen atoms in total. The fourth-order valence-electron chi connectivity index (χ4n) is 2.80. The molecule has 1 aromatic heterocycles. The number of aliphatic hydroxyl groups excluding tert-OH is 2. The summed E-state index contributed by atoms with van der Waals surface area (Å²) in [5.74, 6) is 1.31. The Morgan fingerprint density at radius 2 is 2.36 bits per heavy atom. The topological polar surface area (TPSA) is 100 Å². The average Bonchev–Trinajstić information content (AvgIpc) is 3.05. The lowest BCUT2D eigenvalue weighted by atomic mass is 10.2. The summed E-state index contributed by atoms with van der Waals surface area (Å²) in [5.41, 5.74) is -0.474. The zero-order valence-corrected chi connectivity index (χ0v) is 12.4. The predicted octanol–water partition coefficient (Wildman–Crippen LogP) is -0.360. The molecule has 0 spiro atoms. The van der Waals surface area contributed by atoms with Crippen LogP contribution >= 0.6 is 0 Å². The monoisotopic (exact) mass is 308 g/mol. The molecule has 0 aromatic carbocycles. The number of hydrogen-bond acceptors (Lipinski definition) is 6. The normalized spacial score (nSPS) is 30.4. The summed E-state index contributed by atoms with van der Waals surface area (Å²) in [5, 5.41) is 18.8. The molecule has 1 aromatic rings. The third kappa shape index (κ3) is 2.90. The van der Waals surface area contributed by atoms with Gasteiger partial charge >= 0.3 is 5.69 Å². The van der Waals surface area contributed by atoms with Gasteiger partial charge in [0.1, 0.15) is 18.2 Å². The Balaban J connectivity index is 1.80. The Kier molecular flexibility index (Phi) is 4.23. The summed E-state index contributed by atoms with van der Waals surface area (Å²) >= 11 is 0. The summed E-state index contributed by atoms with van der Waals surface area (Å²) in [7, 11) is 1.97. The number of rotatable bonds is 3. The quantitative estimate of drug-likeness (QED) is 0.791. The summed E-state index contributed by atoms with van der Waals surface area (Å²) < 4.78 is 6.78. The van der Waals surface area contributed by atoms with Crippen molar-refractivity contribution in [3.8, 4) is 0 Å². The van der Waals surface area contributed by atoms with Crippen LogP contribution in [0.2, 0.25) is 0 Å². The average molecular weight is 308 g/mol. The maximum atomic E-state index is 12.1. The fourth-order valence-corrected chi connectivity index (χ4v) is 2.80. The van der Waals surface area contributed by atoms with Crippen molar-refractivity contribution in [3.63, 3.8) is 0 Å². The van der Waals surface area contributed by atoms with Gasteiger partial charge in [0.2, 0.25) is 0 Å². The van der Waals surface area contributed by atoms with E-state index < -0.39 is 24.1 Å². The van der Waals surface area contributed by atoms with Gasteiger partial charge in [-0.15, -0.1) is 0 Å². The Labute approximate surface area is 127 Å². The van der Waals surface area contributed by atoms with Crippen LogP contribution in [0.3, 0.4) is 0 Å². The molecule has 0 aliphatic carbocycles. The van der Waals surface area contributed by atoms with Gasteiger partial charge in [0.25, 0.3) is 0 Å². The lowest BCUT2D eigenvalue weighted by molar-refractivity contribution is -0.0458. The molecule has 3 rings (SSSR count). The number of ether oxygens (including phenoxy) is 1. The van der Waals surface area contributed by atoms with Crippen molar-refractivity contribution >= 4 is 11.7 Å². The number of nitrogens with zero attached hydrogens (tertiary/aromatic N) is 4. The van der Waals surface area contributed by atoms with Gasteiger partial charge in [0.15, 0.2) is 5.82 Å². The number of aliphatic hydroxyl groups is 2. The van der Waals surface area contributed by atoms with Crippen LogP contribution in [-0.2, 0) is 4.74 Å². The molecule has 0 unspecified atom stereocenters. The molecular weight excluding hydrogens is 288 g/mol. The lowest BCUT2D eigenvalue weighted by Crippen LogP contribution is -2.27. The first-order valence-corrected chi connectivity index (χ1v) is 7.41. The van der Waals surface area contributed by atoms with Crippen LogP contribution in [-0.4, -0.2) is 62.9 Å². The van der Waals surface area contributed by atoms with Crippen molar-refractivity contribution in [3.05, 3.63) is 22.7 Å². The van der Waals surface area contributed by atoms with Crippen LogP contribution < -0.4 is 5.69 Å². The van der Waals surface area contributed by atoms with Crippen molar-refractivity contribution in [1.82, 2.24) is 14.5 Å². The highest BCUT2D eigenvalue weighted by Crippen LogP contribution is 2.27. The molecule has 0 radical (unpaired) electrons. The molecular formula is C14H20N4O4. The van der Waals surface area contributed by atoms with E-state index in [1.54, 1.807) is 12.3 Å². The lowest BCUT2D eigenvalue weighted by Gasteiger charge is -2.14. The molecule has 120 valence electrons. The summed E-state index contributed by atoms with van der Waals surface area (Å²) in [6.07, 6.45) is 1.71. The number of amidine groups is 1. The van der Waals surface area contributed by atoms with Crippen molar-refractivity contribution in [2.75, 3.05) is 20.2 Å². The van der Waals surface area contributed by atoms with Crippen LogP contribution in [0.4, 0.5) is 5.82 Å². The summed E-state index contributed by atoms with van der Waals surface area (Å²) in [6, 6.07) is 1.66. The first-order valence-electron chi connectivity index (χ1n) is 7.41. The maximum absolute atomic E-state index is 12.1. The van der Waals surface area contributed by atoms with Crippen LogP contribution in [0.5, 0.6) is 0 Å². The number of aromatic nitrogens is 2. The van der Waals surface area contributed by atoms with E-state index in [4.69, 9.17) is 9.84 Å². The highest BCUT2D eigenvalue weighted by molar-refractivity contribution is 5.85. The minimum atomic E-state index is -0.783. The standard InChI is InChI=1S/C14H20N4O4/c1-17-5-2-3-12(17)15-11-4-6-18(14(21)16-11)13-7-9(20)10(8-19)22-13/h4,6,9-10,13,19-20H,2-3,5,7-8H2,1H3/t9-,10-,13-/m1/s1. The van der Waals surface area contributed by atoms with Gasteiger partial charge in [-0.1, -0.05) is 0 Å². The smallest absolute Gasteiger partial charge is 0.351 e. The van der Waals surface area contributed by atoms with E-state index in [1.807, 2.05) is 7.05 Å². The van der Waals surface area contributed by atoms with Gasteiger partial charge in [0, 0.05) is 32.6 Å². The Bertz CT molecular complexity index is 630. The SMILES string of the molecule is CN1CCCC1=Nc1ccn([C@H]2C[C@@H](O)[C@@H](CO)O2)c(=O)n1. The highest BCUT2D eigenvalue weighted by atomic mass is 16.5. The van der Waals surface area contributed by atoms with Gasteiger partial charge in [-0.3, -0.25) is 4.57 Å². The zero-order valence-electron chi connectivity index (χ0n) is 12.4. The second-order valence-corrected chi connectivity index (χ2v) is 5.64. The van der Waals surface area contributed by atoms with Gasteiger partial charge in [-0.05, 0) is 12.5 Å². The van der Waals surface area contributed by atoms with Crippen molar-refractivity contribution in [2.24, 2.45) is 4.99 Å². The second kappa shape index (κ2) is 6.15. The summed E-state index contributed by atoms with van der Waals surface area (Å²) in [4.78, 5) is 22.5. The molecule has 0 amide bonds. The van der Waals surface area contributed by atoms with E-state index in [0.717, 1.165) is 25.2 Å². The van der Waals surface area contributed by atoms with E-state index >= 15 is 0 Å².